The van der Waals surface area contributed by atoms with Crippen molar-refractivity contribution < 1.29 is 27.1 Å². The van der Waals surface area contributed by atoms with Crippen molar-refractivity contribution in [2.45, 2.75) is 52.4 Å². The summed E-state index contributed by atoms with van der Waals surface area (Å²) < 4.78 is 55.5. The topological polar surface area (TPSA) is 27.7 Å². The Balaban J connectivity index is 2.55. The maximum absolute atomic E-state index is 13.5. The van der Waals surface area contributed by atoms with E-state index in [4.69, 9.17) is 13.9 Å². The largest absolute Gasteiger partial charge is 0.372 e. The van der Waals surface area contributed by atoms with Crippen LogP contribution in [0, 0.1) is 17.5 Å². The molecule has 118 valence electrons. The Hall–Kier alpha value is -0.893. The van der Waals surface area contributed by atoms with Crippen molar-refractivity contribution >= 4 is 9.76 Å². The Bertz CT molecular complexity index is 445. The molecular formula is C14H19F3O3Si. The summed E-state index contributed by atoms with van der Waals surface area (Å²) in [6.07, 6.45) is -0.197. The first-order valence-electron chi connectivity index (χ1n) is 6.62. The van der Waals surface area contributed by atoms with E-state index in [0.717, 1.165) is 6.07 Å². The van der Waals surface area contributed by atoms with Gasteiger partial charge in [0.25, 0.3) is 6.48 Å². The summed E-state index contributed by atoms with van der Waals surface area (Å²) in [5.41, 5.74) is 0.0556. The van der Waals surface area contributed by atoms with Crippen molar-refractivity contribution in [2.75, 3.05) is 0 Å². The predicted octanol–water partition coefficient (Wildman–Crippen LogP) is 3.37. The van der Waals surface area contributed by atoms with Crippen LogP contribution in [0.1, 0.15) is 33.3 Å². The number of benzene rings is 1. The van der Waals surface area contributed by atoms with E-state index in [9.17, 15) is 13.2 Å². The van der Waals surface area contributed by atoms with Gasteiger partial charge in [-0.2, -0.15) is 0 Å². The van der Waals surface area contributed by atoms with Crippen LogP contribution in [-0.2, 0) is 19.9 Å². The zero-order chi connectivity index (χ0) is 16.0. The summed E-state index contributed by atoms with van der Waals surface area (Å²) in [6.45, 7) is 6.46. The van der Waals surface area contributed by atoms with Crippen molar-refractivity contribution in [3.05, 3.63) is 35.1 Å². The summed E-state index contributed by atoms with van der Waals surface area (Å²) in [6, 6.07) is 1.48. The molecule has 0 atom stereocenters. The van der Waals surface area contributed by atoms with Crippen LogP contribution < -0.4 is 0 Å². The van der Waals surface area contributed by atoms with Gasteiger partial charge in [0, 0.05) is 6.07 Å². The quantitative estimate of drug-likeness (QED) is 0.417. The number of halogens is 3. The third kappa shape index (κ3) is 6.60. The third-order valence-electron chi connectivity index (χ3n) is 2.30. The minimum atomic E-state index is -1.20. The summed E-state index contributed by atoms with van der Waals surface area (Å²) in [7, 11) is -0.201. The molecule has 0 aliphatic carbocycles. The summed E-state index contributed by atoms with van der Waals surface area (Å²) in [5, 5.41) is 0. The zero-order valence-electron chi connectivity index (χ0n) is 12.5. The van der Waals surface area contributed by atoms with Gasteiger partial charge in [0.1, 0.15) is 5.82 Å². The number of hydrogen-bond donors (Lipinski definition) is 0. The predicted molar refractivity (Wildman–Crippen MR) is 73.1 cm³/mol. The molecule has 0 spiro atoms. The van der Waals surface area contributed by atoms with E-state index in [2.05, 4.69) is 0 Å². The standard InChI is InChI=1S/C14H19F3O3Si/c1-8(2)18-14(19-9(3)4)20-21-7-10-5-12(16)13(17)6-11(10)15/h5-6,8-9,14H,7H2,1-4H3. The highest BCUT2D eigenvalue weighted by Gasteiger charge is 2.16. The second-order valence-electron chi connectivity index (χ2n) is 4.96. The third-order valence-corrected chi connectivity index (χ3v) is 3.18. The maximum atomic E-state index is 13.5. The summed E-state index contributed by atoms with van der Waals surface area (Å²) in [5.74, 6) is -3.08. The van der Waals surface area contributed by atoms with Gasteiger partial charge in [-0.25, -0.2) is 13.2 Å². The summed E-state index contributed by atoms with van der Waals surface area (Å²) in [4.78, 5) is 0. The molecule has 7 heteroatoms. The second-order valence-corrected chi connectivity index (χ2v) is 5.83. The SMILES string of the molecule is CC(C)OC(O[Si]Cc1cc(F)c(F)cc1F)OC(C)C. The van der Waals surface area contributed by atoms with E-state index in [-0.39, 0.29) is 33.6 Å². The smallest absolute Gasteiger partial charge is 0.262 e. The lowest BCUT2D eigenvalue weighted by atomic mass is 10.2. The minimum absolute atomic E-state index is 0.0556. The molecule has 0 saturated heterocycles. The Labute approximate surface area is 125 Å². The van der Waals surface area contributed by atoms with Gasteiger partial charge in [-0.1, -0.05) is 0 Å². The van der Waals surface area contributed by atoms with Gasteiger partial charge in [-0.15, -0.1) is 0 Å². The molecule has 0 aliphatic rings. The highest BCUT2D eigenvalue weighted by atomic mass is 28.2. The molecule has 1 aromatic rings. The van der Waals surface area contributed by atoms with Crippen LogP contribution in [-0.4, -0.2) is 28.4 Å². The lowest BCUT2D eigenvalue weighted by Gasteiger charge is -2.22. The first-order chi connectivity index (χ1) is 9.79. The minimum Gasteiger partial charge on any atom is -0.372 e. The Morgan fingerprint density at radius 1 is 0.905 bits per heavy atom. The zero-order valence-corrected chi connectivity index (χ0v) is 13.5. The highest BCUT2D eigenvalue weighted by Crippen LogP contribution is 2.14. The second kappa shape index (κ2) is 8.53. The monoisotopic (exact) mass is 320 g/mol. The van der Waals surface area contributed by atoms with Crippen molar-refractivity contribution in [2.24, 2.45) is 0 Å². The van der Waals surface area contributed by atoms with Gasteiger partial charge in [-0.3, -0.25) is 0 Å². The first kappa shape index (κ1) is 18.2. The number of ether oxygens (including phenoxy) is 2. The molecule has 1 rings (SSSR count). The molecule has 0 aliphatic heterocycles. The summed E-state index contributed by atoms with van der Waals surface area (Å²) >= 11 is 0. The van der Waals surface area contributed by atoms with E-state index in [1.807, 2.05) is 27.7 Å². The van der Waals surface area contributed by atoms with Crippen LogP contribution in [0.2, 0.25) is 0 Å². The molecule has 0 bridgehead atoms. The molecule has 0 N–H and O–H groups in total. The molecule has 0 amide bonds. The van der Waals surface area contributed by atoms with Crippen LogP contribution in [0.25, 0.3) is 0 Å². The van der Waals surface area contributed by atoms with E-state index in [1.54, 1.807) is 0 Å². The van der Waals surface area contributed by atoms with Gasteiger partial charge in [0.05, 0.1) is 12.2 Å². The van der Waals surface area contributed by atoms with Gasteiger partial charge >= 0.3 is 0 Å². The molecule has 0 aromatic heterocycles. The number of rotatable bonds is 8. The van der Waals surface area contributed by atoms with Crippen molar-refractivity contribution in [3.63, 3.8) is 0 Å². The molecule has 0 heterocycles. The van der Waals surface area contributed by atoms with Gasteiger partial charge in [-0.05, 0) is 45.4 Å². The molecule has 0 unspecified atom stereocenters. The van der Waals surface area contributed by atoms with E-state index in [0.29, 0.717) is 6.07 Å². The Morgan fingerprint density at radius 3 is 1.95 bits per heavy atom. The number of hydrogen-bond acceptors (Lipinski definition) is 3. The maximum Gasteiger partial charge on any atom is 0.262 e. The first-order valence-corrected chi connectivity index (χ1v) is 7.74. The van der Waals surface area contributed by atoms with Crippen LogP contribution in [0.4, 0.5) is 13.2 Å². The van der Waals surface area contributed by atoms with E-state index < -0.39 is 23.9 Å². The normalized spacial score (nSPS) is 11.9. The van der Waals surface area contributed by atoms with Crippen LogP contribution in [0.5, 0.6) is 0 Å². The molecule has 21 heavy (non-hydrogen) atoms. The fourth-order valence-corrected chi connectivity index (χ4v) is 2.18. The van der Waals surface area contributed by atoms with Crippen LogP contribution >= 0.6 is 0 Å². The Kier molecular flexibility index (Phi) is 7.37. The van der Waals surface area contributed by atoms with Crippen LogP contribution in [0.3, 0.4) is 0 Å². The lowest BCUT2D eigenvalue weighted by molar-refractivity contribution is -0.275. The highest BCUT2D eigenvalue weighted by molar-refractivity contribution is 6.26. The molecule has 0 saturated carbocycles. The lowest BCUT2D eigenvalue weighted by Crippen LogP contribution is -2.29. The van der Waals surface area contributed by atoms with Crippen molar-refractivity contribution in [1.29, 1.82) is 0 Å². The average molecular weight is 320 g/mol. The molecule has 3 nitrogen and oxygen atoms in total. The van der Waals surface area contributed by atoms with E-state index >= 15 is 0 Å². The van der Waals surface area contributed by atoms with Gasteiger partial charge < -0.3 is 13.9 Å². The van der Waals surface area contributed by atoms with Gasteiger partial charge in [0.2, 0.25) is 9.76 Å². The Morgan fingerprint density at radius 2 is 1.43 bits per heavy atom. The average Bonchev–Trinajstić information content (AvgIpc) is 2.33. The molecule has 0 fully saturated rings. The van der Waals surface area contributed by atoms with Crippen molar-refractivity contribution in [3.8, 4) is 0 Å². The van der Waals surface area contributed by atoms with E-state index in [1.165, 1.54) is 0 Å². The fraction of sp³-hybridized carbons (Fsp3) is 0.571. The molecule has 1 aromatic carbocycles. The molecular weight excluding hydrogens is 301 g/mol. The molecule has 2 radical (unpaired) electrons. The van der Waals surface area contributed by atoms with Crippen molar-refractivity contribution in [1.82, 2.24) is 0 Å². The fourth-order valence-electron chi connectivity index (χ4n) is 1.42. The van der Waals surface area contributed by atoms with Gasteiger partial charge in [0.15, 0.2) is 11.6 Å². The van der Waals surface area contributed by atoms with Crippen LogP contribution in [0.15, 0.2) is 12.1 Å².